The number of carbonyl (C=O) groups is 4. The maximum absolute atomic E-state index is 13.0. The Bertz CT molecular complexity index is 3350. The molecule has 0 bridgehead atoms. The molecule has 0 radical (unpaired) electrons. The molecule has 7 atom stereocenters. The van der Waals surface area contributed by atoms with E-state index >= 15 is 0 Å². The monoisotopic (exact) mass is 2050 g/mol. The molecule has 11 rings (SSSR count). The summed E-state index contributed by atoms with van der Waals surface area (Å²) in [4.78, 5) is 50.3. The average Bonchev–Trinajstić information content (AvgIpc) is 0.761. The van der Waals surface area contributed by atoms with Gasteiger partial charge >= 0.3 is 6.43 Å². The van der Waals surface area contributed by atoms with Crippen molar-refractivity contribution in [1.82, 2.24) is 34.5 Å². The molecule has 32 nitrogen and oxygen atoms in total. The predicted molar refractivity (Wildman–Crippen MR) is 525 cm³/mol. The van der Waals surface area contributed by atoms with Gasteiger partial charge in [-0.2, -0.15) is 21.5 Å². The number of piperidine rings is 7. The quantitative estimate of drug-likeness (QED) is 0.0394. The number of aliphatic hydroxyl groups excluding tert-OH is 5. The van der Waals surface area contributed by atoms with E-state index in [0.717, 1.165) is 96.6 Å². The van der Waals surface area contributed by atoms with Crippen molar-refractivity contribution in [2.24, 2.45) is 21.9 Å². The van der Waals surface area contributed by atoms with Gasteiger partial charge < -0.3 is 103 Å². The Hall–Kier alpha value is -3.25. The first-order chi connectivity index (χ1) is 63.5. The summed E-state index contributed by atoms with van der Waals surface area (Å²) in [5.41, 5.74) is 0.305. The Kier molecular flexibility index (Phi) is 68.1. The second-order valence-electron chi connectivity index (χ2n) is 40.7. The Morgan fingerprint density at radius 1 is 0.489 bits per heavy atom. The van der Waals surface area contributed by atoms with E-state index < -0.39 is 92.3 Å². The molecular weight excluding hydrogens is 1860 g/mol. The lowest BCUT2D eigenvalue weighted by Gasteiger charge is -2.53. The fraction of sp³-hybridized carbons (Fsp3) is 0.958. The average molecular weight is 2050 g/mol. The number of alkyl halides is 6. The van der Waals surface area contributed by atoms with Crippen molar-refractivity contribution >= 4 is 54.5 Å². The number of hydrogen-bond donors (Lipinski definition) is 8. The molecule has 9 saturated heterocycles. The number of aliphatic hydroxyl groups is 5. The third kappa shape index (κ3) is 61.1. The van der Waals surface area contributed by atoms with Crippen LogP contribution in [-0.2, 0) is 97.4 Å². The van der Waals surface area contributed by atoms with Gasteiger partial charge in [0.2, 0.25) is 11.8 Å². The molecule has 0 aromatic heterocycles. The largest absolute Gasteiger partial charge is 0.396 e. The van der Waals surface area contributed by atoms with Gasteiger partial charge in [-0.1, -0.05) is 34.6 Å². The van der Waals surface area contributed by atoms with E-state index in [1.165, 1.54) is 33.9 Å². The summed E-state index contributed by atoms with van der Waals surface area (Å²) in [6, 6.07) is 0. The zero-order valence-corrected chi connectivity index (χ0v) is 90.6. The van der Waals surface area contributed by atoms with E-state index in [0.29, 0.717) is 138 Å². The van der Waals surface area contributed by atoms with Gasteiger partial charge in [0.1, 0.15) is 31.2 Å². The summed E-state index contributed by atoms with van der Waals surface area (Å²) >= 11 is 0. The fourth-order valence-corrected chi connectivity index (χ4v) is 18.0. The second-order valence-corrected chi connectivity index (χ2v) is 46.5. The molecule has 9 heterocycles. The molecule has 2 aliphatic carbocycles. The minimum atomic E-state index is -3.50. The number of halogens is 6. The standard InChI is InChI=1S/C11H21NO3.C10H17F2NO2.C10H19NO2.C9H18O3.C9H16O2.C8H15F2NO.C8H16FNO.C8H18N2O3S.C8H16O3S.C7H12FNO3.C4H10OS.C4H10/c1-8(2)15-10-4-6-12(7-5-10)11(14)9(3)13;1-7(2)15-8-3-5-13(6-4-8)10(14)9(11)12;1-8(2)13-10-4-6-11(7-5-10)9(3)12;1-7(2)12-8-3-9(4-8,5-10)6-11;1-7(2)11-8-3-9(4-8)5-10-6-9;1-6(2)12-7-3-4-11-5-8(7,9)10;1-6(2)11-8-3-4-10-5-7(8)9;1-7(2)13-8-3-5-10(6-4-8)14(9,11)12;1-7(2)11-8-3-5-12(9,10)6-4-8;8-5-3-9(7(12)4-10)2-1-6(5)11;1-4(2)6(3)5;1-4(2)3/h8-10,13H,4-7H2,1-3H3;7-9H,3-6H2,1-2H3;8,10H,4-7H2,1-3H3;7-8,10-11H,3-6H2,1-2H3;7-8H,3-6H2,1-2H3;6-7,11H,3-5H2,1-2H3;6-8,10H,3-5H2,1-2H3;7-8H,3-6H2,1-2H3,(H2,9,11,12);7-8H,3-6H2,1-2H3;5-6,10-11H,1-4H2;4H,1-3H3;4H,1-3H3/t9-;;;;;;7-,8+;;;5-,6+;;/m0.....1..1../s1. The lowest BCUT2D eigenvalue weighted by atomic mass is 9.65. The number of ether oxygens (including phenoxy) is 10. The minimum Gasteiger partial charge on any atom is -0.396 e. The highest BCUT2D eigenvalue weighted by atomic mass is 32.2. The Morgan fingerprint density at radius 3 is 1.14 bits per heavy atom. The maximum Gasteiger partial charge on any atom is 0.315 e. The Morgan fingerprint density at radius 2 is 0.832 bits per heavy atom. The van der Waals surface area contributed by atoms with E-state index in [2.05, 4.69) is 59.1 Å². The molecule has 2 unspecified atom stereocenters. The molecule has 11 aliphatic rings. The SMILES string of the molecule is CC(=O)N1CCC(OC(C)C)CC1.CC(C)C.CC(C)OC1CC(CO)(CO)C1.CC(C)OC1CC2(COC2)C1.CC(C)OC1CCN(C(=O)C(F)F)CC1.CC(C)OC1CCN(C(=O)[C@H](C)O)CC1.CC(C)OC1CCN(S(N)(=O)=O)CC1.CC(C)OC1CCNCC1(F)F.CC(C)OC1CCS(=O)(=O)CC1.CC(C)O[C@H]1CCNC[C@H]1F.CC(C)S(C)=O.O=C(CO)N1CC[C@H](O)[C@H](F)C1. The molecular formula is C96H188F6N8O24S3. The second kappa shape index (κ2) is 69.8. The van der Waals surface area contributed by atoms with Crippen LogP contribution in [0.4, 0.5) is 26.3 Å². The van der Waals surface area contributed by atoms with Crippen LogP contribution >= 0.6 is 0 Å². The van der Waals surface area contributed by atoms with E-state index in [1.54, 1.807) is 31.9 Å². The van der Waals surface area contributed by atoms with Crippen LogP contribution < -0.4 is 15.8 Å². The van der Waals surface area contributed by atoms with E-state index in [-0.39, 0.29) is 129 Å². The minimum absolute atomic E-state index is 0.0709. The summed E-state index contributed by atoms with van der Waals surface area (Å²) in [6.45, 7) is 57.3. The third-order valence-corrected chi connectivity index (χ3v) is 27.0. The lowest BCUT2D eigenvalue weighted by Crippen LogP contribution is -2.55. The summed E-state index contributed by atoms with van der Waals surface area (Å²) in [5, 5.41) is 55.5. The van der Waals surface area contributed by atoms with Crippen LogP contribution in [-0.4, -0.2) is 389 Å². The molecule has 0 aromatic carbocycles. The van der Waals surface area contributed by atoms with Gasteiger partial charge in [-0.3, -0.25) is 23.4 Å². The summed E-state index contributed by atoms with van der Waals surface area (Å²) in [7, 11) is -6.85. The number of sulfone groups is 1. The molecule has 41 heteroatoms. The molecule has 9 aliphatic heterocycles. The van der Waals surface area contributed by atoms with Gasteiger partial charge in [0.25, 0.3) is 27.9 Å². The normalized spacial score (nSPS) is 23.6. The van der Waals surface area contributed by atoms with Crippen molar-refractivity contribution in [1.29, 1.82) is 0 Å². The van der Waals surface area contributed by atoms with Crippen LogP contribution in [0.3, 0.4) is 0 Å². The summed E-state index contributed by atoms with van der Waals surface area (Å²) in [5.74, 6) is -2.80. The highest BCUT2D eigenvalue weighted by Gasteiger charge is 2.51. The lowest BCUT2D eigenvalue weighted by molar-refractivity contribution is -0.216. The van der Waals surface area contributed by atoms with Gasteiger partial charge in [0.05, 0.1) is 161 Å². The molecule has 4 amide bonds. The smallest absolute Gasteiger partial charge is 0.315 e. The van der Waals surface area contributed by atoms with Gasteiger partial charge in [0.15, 0.2) is 9.84 Å². The first-order valence-electron chi connectivity index (χ1n) is 50.0. The molecule has 0 aromatic rings. The number of nitrogens with two attached hydrogens (primary N) is 1. The number of amides is 4. The van der Waals surface area contributed by atoms with Crippen LogP contribution in [0.25, 0.3) is 0 Å². The topological polar surface area (TPSA) is 413 Å². The first-order valence-corrected chi connectivity index (χ1v) is 54.9. The zero-order chi connectivity index (χ0) is 105. The molecule has 1 spiro atoms. The first kappa shape index (κ1) is 134. The van der Waals surface area contributed by atoms with Gasteiger partial charge in [-0.25, -0.2) is 31.1 Å². The summed E-state index contributed by atoms with van der Waals surface area (Å²) in [6.07, 6.45) is 10.5. The Balaban J connectivity index is 0.00000148. The fourth-order valence-electron chi connectivity index (χ4n) is 15.8. The van der Waals surface area contributed by atoms with Crippen molar-refractivity contribution in [3.05, 3.63) is 0 Å². The number of nitrogens with one attached hydrogen (secondary N) is 2. The van der Waals surface area contributed by atoms with Crippen molar-refractivity contribution in [2.75, 3.05) is 142 Å². The molecule has 816 valence electrons. The van der Waals surface area contributed by atoms with Crippen LogP contribution in [0.1, 0.15) is 282 Å². The van der Waals surface area contributed by atoms with Crippen LogP contribution in [0.5, 0.6) is 0 Å². The predicted octanol–water partition coefficient (Wildman–Crippen LogP) is 10.9. The molecule has 137 heavy (non-hydrogen) atoms. The number of likely N-dealkylation sites (tertiary alicyclic amines) is 4. The molecule has 11 fully saturated rings. The highest BCUT2D eigenvalue weighted by Crippen LogP contribution is 2.48. The summed E-state index contributed by atoms with van der Waals surface area (Å²) < 4.78 is 187. The third-order valence-electron chi connectivity index (χ3n) is 22.9. The number of hydrogen-bond acceptors (Lipinski definition) is 26. The number of carbonyl (C=O) groups excluding carboxylic acids is 4. The van der Waals surface area contributed by atoms with Crippen LogP contribution in [0, 0.1) is 16.7 Å². The maximum atomic E-state index is 13.0. The van der Waals surface area contributed by atoms with Gasteiger partial charge in [-0.15, -0.1) is 0 Å². The van der Waals surface area contributed by atoms with Crippen molar-refractivity contribution in [3.63, 3.8) is 0 Å². The molecule has 9 N–H and O–H groups in total. The number of rotatable bonds is 25. The van der Waals surface area contributed by atoms with Crippen molar-refractivity contribution in [3.8, 4) is 0 Å². The van der Waals surface area contributed by atoms with Crippen molar-refractivity contribution < 1.29 is 139 Å². The van der Waals surface area contributed by atoms with E-state index in [4.69, 9.17) is 78.0 Å². The van der Waals surface area contributed by atoms with Crippen LogP contribution in [0.15, 0.2) is 0 Å². The van der Waals surface area contributed by atoms with Gasteiger partial charge in [-0.05, 0) is 260 Å². The van der Waals surface area contributed by atoms with E-state index in [9.17, 15) is 66.6 Å². The number of nitrogens with zero attached hydrogens (tertiary/aromatic N) is 5. The van der Waals surface area contributed by atoms with E-state index in [1.807, 2.05) is 102 Å². The highest BCUT2D eigenvalue weighted by molar-refractivity contribution is 7.91. The Labute approximate surface area is 822 Å². The zero-order valence-electron chi connectivity index (χ0n) is 88.1. The van der Waals surface area contributed by atoms with Crippen molar-refractivity contribution in [2.45, 2.75) is 434 Å². The van der Waals surface area contributed by atoms with Crippen LogP contribution in [0.2, 0.25) is 0 Å². The molecule has 2 saturated carbocycles. The van der Waals surface area contributed by atoms with Gasteiger partial charge in [0, 0.05) is 106 Å².